The summed E-state index contributed by atoms with van der Waals surface area (Å²) < 4.78 is 7.74. The highest BCUT2D eigenvalue weighted by atomic mass is 16.5. The SMILES string of the molecule is CCn1ncnc1CNC1CC2CCC1O2. The Morgan fingerprint density at radius 2 is 2.50 bits per heavy atom. The number of fused-ring (bicyclic) bond motifs is 2. The first-order chi connectivity index (χ1) is 7.86. The molecule has 1 N–H and O–H groups in total. The molecule has 3 rings (SSSR count). The zero-order chi connectivity index (χ0) is 11.0. The minimum atomic E-state index is 0.433. The van der Waals surface area contributed by atoms with Crippen LogP contribution in [-0.4, -0.2) is 33.0 Å². The molecule has 5 heteroatoms. The van der Waals surface area contributed by atoms with Gasteiger partial charge in [0, 0.05) is 12.6 Å². The second-order valence-corrected chi connectivity index (χ2v) is 4.59. The third kappa shape index (κ3) is 1.74. The highest BCUT2D eigenvalue weighted by Gasteiger charge is 2.40. The summed E-state index contributed by atoms with van der Waals surface area (Å²) in [4.78, 5) is 4.26. The summed E-state index contributed by atoms with van der Waals surface area (Å²) in [6, 6.07) is 0.515. The van der Waals surface area contributed by atoms with E-state index in [1.807, 2.05) is 4.68 Å². The predicted molar refractivity (Wildman–Crippen MR) is 58.8 cm³/mol. The predicted octanol–water partition coefficient (Wildman–Crippen LogP) is 0.707. The van der Waals surface area contributed by atoms with E-state index in [4.69, 9.17) is 4.74 Å². The Morgan fingerprint density at radius 1 is 1.56 bits per heavy atom. The van der Waals surface area contributed by atoms with Crippen LogP contribution in [0.4, 0.5) is 0 Å². The molecule has 1 aromatic rings. The van der Waals surface area contributed by atoms with Crippen LogP contribution in [0.3, 0.4) is 0 Å². The van der Waals surface area contributed by atoms with Crippen LogP contribution in [0, 0.1) is 0 Å². The normalized spacial score (nSPS) is 32.4. The maximum atomic E-state index is 5.81. The Hall–Kier alpha value is -0.940. The van der Waals surface area contributed by atoms with Gasteiger partial charge in [-0.15, -0.1) is 0 Å². The molecule has 5 nitrogen and oxygen atoms in total. The molecule has 3 heterocycles. The molecule has 3 unspecified atom stereocenters. The summed E-state index contributed by atoms with van der Waals surface area (Å²) in [5.74, 6) is 1.02. The van der Waals surface area contributed by atoms with Crippen molar-refractivity contribution < 1.29 is 4.74 Å². The van der Waals surface area contributed by atoms with Crippen molar-refractivity contribution >= 4 is 0 Å². The molecule has 2 aliphatic rings. The lowest BCUT2D eigenvalue weighted by molar-refractivity contribution is 0.0971. The van der Waals surface area contributed by atoms with Gasteiger partial charge in [-0.2, -0.15) is 5.10 Å². The number of aromatic nitrogens is 3. The summed E-state index contributed by atoms with van der Waals surface area (Å²) in [5, 5.41) is 7.70. The maximum Gasteiger partial charge on any atom is 0.140 e. The van der Waals surface area contributed by atoms with Crippen molar-refractivity contribution in [1.82, 2.24) is 20.1 Å². The van der Waals surface area contributed by atoms with Gasteiger partial charge >= 0.3 is 0 Å². The first kappa shape index (κ1) is 10.2. The molecule has 0 aromatic carbocycles. The van der Waals surface area contributed by atoms with Crippen LogP contribution in [0.2, 0.25) is 0 Å². The van der Waals surface area contributed by atoms with Gasteiger partial charge in [-0.05, 0) is 26.2 Å². The van der Waals surface area contributed by atoms with Crippen LogP contribution in [0.25, 0.3) is 0 Å². The van der Waals surface area contributed by atoms with Gasteiger partial charge in [-0.3, -0.25) is 0 Å². The van der Waals surface area contributed by atoms with E-state index in [1.54, 1.807) is 6.33 Å². The highest BCUT2D eigenvalue weighted by Crippen LogP contribution is 2.34. The van der Waals surface area contributed by atoms with Gasteiger partial charge in [-0.25, -0.2) is 9.67 Å². The van der Waals surface area contributed by atoms with E-state index in [2.05, 4.69) is 22.3 Å². The Bertz CT molecular complexity index is 365. The Morgan fingerprint density at radius 3 is 3.19 bits per heavy atom. The second-order valence-electron chi connectivity index (χ2n) is 4.59. The molecule has 16 heavy (non-hydrogen) atoms. The van der Waals surface area contributed by atoms with E-state index in [9.17, 15) is 0 Å². The van der Waals surface area contributed by atoms with Crippen molar-refractivity contribution in [2.45, 2.75) is 57.5 Å². The molecular formula is C11H18N4O. The van der Waals surface area contributed by atoms with Crippen molar-refractivity contribution in [2.24, 2.45) is 0 Å². The standard InChI is InChI=1S/C11H18N4O/c1-2-15-11(13-7-14-15)6-12-9-5-8-3-4-10(9)16-8/h7-10,12H,2-6H2,1H3. The Labute approximate surface area is 95.2 Å². The summed E-state index contributed by atoms with van der Waals surface area (Å²) in [6.07, 6.45) is 6.18. The second kappa shape index (κ2) is 4.14. The first-order valence-electron chi connectivity index (χ1n) is 6.12. The van der Waals surface area contributed by atoms with E-state index >= 15 is 0 Å². The van der Waals surface area contributed by atoms with Crippen molar-refractivity contribution in [3.8, 4) is 0 Å². The Balaban J connectivity index is 1.57. The molecular weight excluding hydrogens is 204 g/mol. The van der Waals surface area contributed by atoms with Crippen LogP contribution in [-0.2, 0) is 17.8 Å². The summed E-state index contributed by atoms with van der Waals surface area (Å²) in [5.41, 5.74) is 0. The molecule has 2 aliphatic heterocycles. The largest absolute Gasteiger partial charge is 0.373 e. The van der Waals surface area contributed by atoms with Gasteiger partial charge in [0.1, 0.15) is 12.2 Å². The average Bonchev–Trinajstić information content (AvgIpc) is 3.01. The maximum absolute atomic E-state index is 5.81. The number of ether oxygens (including phenoxy) is 1. The molecule has 0 aliphatic carbocycles. The number of rotatable bonds is 4. The molecule has 1 aromatic heterocycles. The lowest BCUT2D eigenvalue weighted by Crippen LogP contribution is -2.37. The number of hydrogen-bond acceptors (Lipinski definition) is 4. The number of aryl methyl sites for hydroxylation is 1. The van der Waals surface area contributed by atoms with Crippen molar-refractivity contribution in [3.05, 3.63) is 12.2 Å². The van der Waals surface area contributed by atoms with Crippen molar-refractivity contribution in [2.75, 3.05) is 0 Å². The van der Waals surface area contributed by atoms with E-state index < -0.39 is 0 Å². The Kier molecular flexibility index (Phi) is 2.65. The molecule has 0 amide bonds. The molecule has 2 fully saturated rings. The van der Waals surface area contributed by atoms with Gasteiger partial charge in [-0.1, -0.05) is 0 Å². The molecule has 0 spiro atoms. The number of nitrogens with one attached hydrogen (secondary N) is 1. The highest BCUT2D eigenvalue weighted by molar-refractivity contribution is 4.95. The van der Waals surface area contributed by atoms with Gasteiger partial charge in [0.15, 0.2) is 0 Å². The summed E-state index contributed by atoms with van der Waals surface area (Å²) in [6.45, 7) is 3.76. The van der Waals surface area contributed by atoms with Crippen LogP contribution in [0.5, 0.6) is 0 Å². The fraction of sp³-hybridized carbons (Fsp3) is 0.818. The van der Waals surface area contributed by atoms with Crippen LogP contribution in [0.15, 0.2) is 6.33 Å². The summed E-state index contributed by atoms with van der Waals surface area (Å²) in [7, 11) is 0. The molecule has 3 atom stereocenters. The van der Waals surface area contributed by atoms with E-state index in [1.165, 1.54) is 12.8 Å². The molecule has 0 radical (unpaired) electrons. The molecule has 2 bridgehead atoms. The smallest absolute Gasteiger partial charge is 0.140 e. The lowest BCUT2D eigenvalue weighted by Gasteiger charge is -2.19. The molecule has 88 valence electrons. The minimum absolute atomic E-state index is 0.433. The van der Waals surface area contributed by atoms with Gasteiger partial charge in [0.05, 0.1) is 18.8 Å². The number of hydrogen-bond donors (Lipinski definition) is 1. The van der Waals surface area contributed by atoms with E-state index in [0.29, 0.717) is 18.2 Å². The van der Waals surface area contributed by atoms with Crippen LogP contribution >= 0.6 is 0 Å². The van der Waals surface area contributed by atoms with E-state index in [-0.39, 0.29) is 0 Å². The number of nitrogens with zero attached hydrogens (tertiary/aromatic N) is 3. The van der Waals surface area contributed by atoms with Crippen molar-refractivity contribution in [3.63, 3.8) is 0 Å². The van der Waals surface area contributed by atoms with Gasteiger partial charge in [0.2, 0.25) is 0 Å². The lowest BCUT2D eigenvalue weighted by atomic mass is 9.95. The van der Waals surface area contributed by atoms with Crippen LogP contribution in [0.1, 0.15) is 32.0 Å². The van der Waals surface area contributed by atoms with E-state index in [0.717, 1.165) is 25.3 Å². The van der Waals surface area contributed by atoms with Gasteiger partial charge in [0.25, 0.3) is 0 Å². The first-order valence-corrected chi connectivity index (χ1v) is 6.12. The monoisotopic (exact) mass is 222 g/mol. The average molecular weight is 222 g/mol. The fourth-order valence-electron chi connectivity index (χ4n) is 2.76. The topological polar surface area (TPSA) is 52.0 Å². The minimum Gasteiger partial charge on any atom is -0.373 e. The third-order valence-electron chi connectivity index (χ3n) is 3.62. The third-order valence-corrected chi connectivity index (χ3v) is 3.62. The zero-order valence-electron chi connectivity index (χ0n) is 9.59. The van der Waals surface area contributed by atoms with Crippen molar-refractivity contribution in [1.29, 1.82) is 0 Å². The summed E-state index contributed by atoms with van der Waals surface area (Å²) >= 11 is 0. The molecule has 2 saturated heterocycles. The molecule has 0 saturated carbocycles. The quantitative estimate of drug-likeness (QED) is 0.815. The van der Waals surface area contributed by atoms with Crippen LogP contribution < -0.4 is 5.32 Å². The zero-order valence-corrected chi connectivity index (χ0v) is 9.59. The van der Waals surface area contributed by atoms with Gasteiger partial charge < -0.3 is 10.1 Å². The fourth-order valence-corrected chi connectivity index (χ4v) is 2.76.